The maximum absolute atomic E-state index is 12.2. The number of likely N-dealkylation sites (tertiary alicyclic amines) is 1. The normalized spacial score (nSPS) is 25.7. The van der Waals surface area contributed by atoms with Gasteiger partial charge < -0.3 is 19.7 Å². The average Bonchev–Trinajstić information content (AvgIpc) is 2.72. The number of nitrogens with one attached hydrogen (secondary N) is 1. The zero-order valence-corrected chi connectivity index (χ0v) is 15.3. The van der Waals surface area contributed by atoms with Gasteiger partial charge in [-0.3, -0.25) is 0 Å². The molecule has 2 heterocycles. The molecule has 2 atom stereocenters. The van der Waals surface area contributed by atoms with Crippen molar-refractivity contribution in [1.29, 1.82) is 0 Å². The number of rotatable bonds is 3. The molecule has 1 N–H and O–H groups in total. The van der Waals surface area contributed by atoms with Crippen LogP contribution in [0.4, 0.5) is 4.79 Å². The van der Waals surface area contributed by atoms with Gasteiger partial charge in [-0.1, -0.05) is 0 Å². The van der Waals surface area contributed by atoms with Gasteiger partial charge in [0.1, 0.15) is 5.60 Å². The summed E-state index contributed by atoms with van der Waals surface area (Å²) in [5, 5.41) is 3.80. The Balaban J connectivity index is 1.78. The third-order valence-electron chi connectivity index (χ3n) is 4.85. The smallest absolute Gasteiger partial charge is 0.410 e. The third kappa shape index (κ3) is 6.30. The maximum Gasteiger partial charge on any atom is 0.410 e. The van der Waals surface area contributed by atoms with Crippen LogP contribution >= 0.6 is 0 Å². The number of carbonyl (C=O) groups excluding carboxylic acids is 1. The molecular weight excluding hydrogens is 292 g/mol. The Morgan fingerprint density at radius 2 is 1.87 bits per heavy atom. The second-order valence-electron chi connectivity index (χ2n) is 8.00. The predicted octanol–water partition coefficient (Wildman–Crippen LogP) is 3.18. The molecule has 0 aromatic carbocycles. The Morgan fingerprint density at radius 1 is 1.17 bits per heavy atom. The summed E-state index contributed by atoms with van der Waals surface area (Å²) < 4.78 is 11.0. The fourth-order valence-electron chi connectivity index (χ4n) is 3.50. The van der Waals surface area contributed by atoms with E-state index in [2.05, 4.69) is 12.2 Å². The van der Waals surface area contributed by atoms with E-state index >= 15 is 0 Å². The Labute approximate surface area is 141 Å². The molecule has 0 saturated carbocycles. The van der Waals surface area contributed by atoms with Gasteiger partial charge in [0.2, 0.25) is 0 Å². The van der Waals surface area contributed by atoms with Crippen molar-refractivity contribution in [2.75, 3.05) is 26.3 Å². The first kappa shape index (κ1) is 18.5. The van der Waals surface area contributed by atoms with Crippen LogP contribution in [0.25, 0.3) is 0 Å². The molecule has 134 valence electrons. The lowest BCUT2D eigenvalue weighted by molar-refractivity contribution is 0.0255. The van der Waals surface area contributed by atoms with Crippen LogP contribution in [-0.2, 0) is 9.47 Å². The summed E-state index contributed by atoms with van der Waals surface area (Å²) in [6.45, 7) is 11.4. The van der Waals surface area contributed by atoms with Gasteiger partial charge in [0, 0.05) is 38.4 Å². The highest BCUT2D eigenvalue weighted by molar-refractivity contribution is 5.68. The van der Waals surface area contributed by atoms with Crippen molar-refractivity contribution in [3.05, 3.63) is 0 Å². The minimum atomic E-state index is -0.418. The summed E-state index contributed by atoms with van der Waals surface area (Å²) in [4.78, 5) is 14.1. The van der Waals surface area contributed by atoms with E-state index in [1.54, 1.807) is 0 Å². The highest BCUT2D eigenvalue weighted by atomic mass is 16.6. The van der Waals surface area contributed by atoms with E-state index in [1.807, 2.05) is 25.7 Å². The lowest BCUT2D eigenvalue weighted by Gasteiger charge is -2.31. The fourth-order valence-corrected chi connectivity index (χ4v) is 3.50. The molecule has 0 aromatic heterocycles. The van der Waals surface area contributed by atoms with Gasteiger partial charge in [-0.2, -0.15) is 0 Å². The molecule has 2 aliphatic heterocycles. The Morgan fingerprint density at radius 3 is 2.52 bits per heavy atom. The van der Waals surface area contributed by atoms with Gasteiger partial charge in [0.15, 0.2) is 0 Å². The van der Waals surface area contributed by atoms with Crippen LogP contribution in [0.2, 0.25) is 0 Å². The van der Waals surface area contributed by atoms with E-state index in [4.69, 9.17) is 9.47 Å². The molecule has 0 unspecified atom stereocenters. The van der Waals surface area contributed by atoms with E-state index in [0.29, 0.717) is 18.0 Å². The Kier molecular flexibility index (Phi) is 6.72. The third-order valence-corrected chi connectivity index (χ3v) is 4.85. The van der Waals surface area contributed by atoms with E-state index < -0.39 is 5.60 Å². The van der Waals surface area contributed by atoms with Gasteiger partial charge in [-0.15, -0.1) is 0 Å². The molecule has 2 fully saturated rings. The summed E-state index contributed by atoms with van der Waals surface area (Å²) in [6, 6.07) is 1.03. The van der Waals surface area contributed by atoms with Crippen LogP contribution in [0.3, 0.4) is 0 Å². The number of hydrogen-bond acceptors (Lipinski definition) is 4. The van der Waals surface area contributed by atoms with Crippen LogP contribution in [0.5, 0.6) is 0 Å². The fraction of sp³-hybridized carbons (Fsp3) is 0.944. The van der Waals surface area contributed by atoms with E-state index in [9.17, 15) is 4.79 Å². The number of nitrogens with zero attached hydrogens (tertiary/aromatic N) is 1. The Hall–Kier alpha value is -0.810. The zero-order chi connectivity index (χ0) is 16.9. The highest BCUT2D eigenvalue weighted by Crippen LogP contribution is 2.21. The molecule has 0 bridgehead atoms. The second-order valence-corrected chi connectivity index (χ2v) is 8.00. The molecule has 2 saturated heterocycles. The van der Waals surface area contributed by atoms with Crippen molar-refractivity contribution in [2.45, 2.75) is 77.5 Å². The summed E-state index contributed by atoms with van der Waals surface area (Å²) in [5.74, 6) is 0.717. The van der Waals surface area contributed by atoms with Gasteiger partial charge in [0.05, 0.1) is 0 Å². The topological polar surface area (TPSA) is 50.8 Å². The lowest BCUT2D eigenvalue weighted by atomic mass is 9.92. The van der Waals surface area contributed by atoms with Crippen LogP contribution in [0.1, 0.15) is 59.8 Å². The number of carbonyl (C=O) groups is 1. The molecule has 23 heavy (non-hydrogen) atoms. The van der Waals surface area contributed by atoms with E-state index in [-0.39, 0.29) is 6.09 Å². The second kappa shape index (κ2) is 8.34. The number of ether oxygens (including phenoxy) is 2. The SMILES string of the molecule is C[C@H](N[C@H]1CCCN(C(=O)OC(C)(C)C)CC1)C1CCOCC1. The van der Waals surface area contributed by atoms with Crippen LogP contribution < -0.4 is 5.32 Å². The van der Waals surface area contributed by atoms with Crippen molar-refractivity contribution < 1.29 is 14.3 Å². The van der Waals surface area contributed by atoms with Gasteiger partial charge in [-0.05, 0) is 65.7 Å². The average molecular weight is 326 g/mol. The summed E-state index contributed by atoms with van der Waals surface area (Å²) in [7, 11) is 0. The van der Waals surface area contributed by atoms with Gasteiger partial charge >= 0.3 is 6.09 Å². The predicted molar refractivity (Wildman–Crippen MR) is 91.6 cm³/mol. The molecule has 5 heteroatoms. The lowest BCUT2D eigenvalue weighted by Crippen LogP contribution is -2.43. The first-order valence-electron chi connectivity index (χ1n) is 9.17. The minimum Gasteiger partial charge on any atom is -0.444 e. The molecular formula is C18H34N2O3. The monoisotopic (exact) mass is 326 g/mol. The molecule has 2 aliphatic rings. The standard InChI is InChI=1S/C18H34N2O3/c1-14(15-8-12-22-13-9-15)19-16-6-5-10-20(11-7-16)17(21)23-18(2,3)4/h14-16,19H,5-13H2,1-4H3/t14-,16-/m0/s1. The molecule has 1 amide bonds. The molecule has 5 nitrogen and oxygen atoms in total. The first-order chi connectivity index (χ1) is 10.8. The maximum atomic E-state index is 12.2. The van der Waals surface area contributed by atoms with E-state index in [1.165, 1.54) is 0 Å². The zero-order valence-electron chi connectivity index (χ0n) is 15.3. The van der Waals surface area contributed by atoms with Crippen LogP contribution in [0, 0.1) is 5.92 Å². The summed E-state index contributed by atoms with van der Waals surface area (Å²) in [6.07, 6.45) is 5.32. The molecule has 2 rings (SSSR count). The van der Waals surface area contributed by atoms with E-state index in [0.717, 1.165) is 58.4 Å². The minimum absolute atomic E-state index is 0.171. The molecule has 0 aliphatic carbocycles. The van der Waals surface area contributed by atoms with Crippen LogP contribution in [-0.4, -0.2) is 55.0 Å². The first-order valence-corrected chi connectivity index (χ1v) is 9.17. The van der Waals surface area contributed by atoms with Gasteiger partial charge in [0.25, 0.3) is 0 Å². The number of amides is 1. The molecule has 0 spiro atoms. The van der Waals surface area contributed by atoms with Crippen LogP contribution in [0.15, 0.2) is 0 Å². The van der Waals surface area contributed by atoms with Crippen molar-refractivity contribution in [2.24, 2.45) is 5.92 Å². The quantitative estimate of drug-likeness (QED) is 0.865. The van der Waals surface area contributed by atoms with Crippen molar-refractivity contribution in [3.63, 3.8) is 0 Å². The molecule has 0 aromatic rings. The number of hydrogen-bond donors (Lipinski definition) is 1. The summed E-state index contributed by atoms with van der Waals surface area (Å²) >= 11 is 0. The van der Waals surface area contributed by atoms with Crippen molar-refractivity contribution >= 4 is 6.09 Å². The van der Waals surface area contributed by atoms with Crippen molar-refractivity contribution in [1.82, 2.24) is 10.2 Å². The van der Waals surface area contributed by atoms with Gasteiger partial charge in [-0.25, -0.2) is 4.79 Å². The highest BCUT2D eigenvalue weighted by Gasteiger charge is 2.27. The largest absolute Gasteiger partial charge is 0.444 e. The van der Waals surface area contributed by atoms with Crippen molar-refractivity contribution in [3.8, 4) is 0 Å². The molecule has 0 radical (unpaired) electrons. The summed E-state index contributed by atoms with van der Waals surface area (Å²) in [5.41, 5.74) is -0.418. The Bertz CT molecular complexity index is 375.